The van der Waals surface area contributed by atoms with Gasteiger partial charge in [0.25, 0.3) is 5.91 Å². The molecule has 1 rings (SSSR count). The zero-order valence-electron chi connectivity index (χ0n) is 9.92. The number of aliphatic hydroxyl groups is 1. The number of hydrogen-bond donors (Lipinski definition) is 2. The Morgan fingerprint density at radius 2 is 2.24 bits per heavy atom. The van der Waals surface area contributed by atoms with Gasteiger partial charge in [0.15, 0.2) is 0 Å². The summed E-state index contributed by atoms with van der Waals surface area (Å²) in [5.41, 5.74) is 1.32. The van der Waals surface area contributed by atoms with Crippen LogP contribution in [0.4, 0.5) is 0 Å². The van der Waals surface area contributed by atoms with Crippen LogP contribution in [0.1, 0.15) is 22.3 Å². The first kappa shape index (κ1) is 13.8. The van der Waals surface area contributed by atoms with E-state index in [9.17, 15) is 4.79 Å². The van der Waals surface area contributed by atoms with Crippen LogP contribution in [0, 0.1) is 6.92 Å². The maximum absolute atomic E-state index is 11.8. The molecule has 0 saturated heterocycles. The number of carbonyl (C=O) groups excluding carboxylic acids is 1. The van der Waals surface area contributed by atoms with Crippen molar-refractivity contribution in [2.24, 2.45) is 0 Å². The number of methoxy groups -OCH3 is 1. The van der Waals surface area contributed by atoms with Gasteiger partial charge < -0.3 is 15.2 Å². The lowest BCUT2D eigenvalue weighted by molar-refractivity contribution is 0.0950. The molecular weight excluding hydrogens is 242 g/mol. The first-order valence-electron chi connectivity index (χ1n) is 5.33. The van der Waals surface area contributed by atoms with E-state index in [1.807, 2.05) is 6.92 Å². The molecule has 0 aliphatic carbocycles. The summed E-state index contributed by atoms with van der Waals surface area (Å²) in [5, 5.41) is 11.7. The Hall–Kier alpha value is -1.26. The van der Waals surface area contributed by atoms with Crippen LogP contribution in [-0.2, 0) is 0 Å². The van der Waals surface area contributed by atoms with Gasteiger partial charge in [-0.1, -0.05) is 11.6 Å². The van der Waals surface area contributed by atoms with Crippen molar-refractivity contribution >= 4 is 17.5 Å². The number of nitrogens with one attached hydrogen (secondary N) is 1. The molecule has 0 fully saturated rings. The quantitative estimate of drug-likeness (QED) is 0.791. The van der Waals surface area contributed by atoms with E-state index in [4.69, 9.17) is 21.4 Å². The van der Waals surface area contributed by atoms with Gasteiger partial charge >= 0.3 is 0 Å². The Balaban J connectivity index is 2.83. The molecular formula is C12H16ClNO3. The highest BCUT2D eigenvalue weighted by atomic mass is 35.5. The standard InChI is InChI=1S/C12H16ClNO3/c1-8-6-11(17-2)10(13)7-9(8)12(16)14-4-3-5-15/h6-7,15H,3-5H2,1-2H3,(H,14,16). The molecule has 4 nitrogen and oxygen atoms in total. The Morgan fingerprint density at radius 3 is 2.82 bits per heavy atom. The molecule has 0 unspecified atom stereocenters. The van der Waals surface area contributed by atoms with Gasteiger partial charge in [-0.05, 0) is 31.0 Å². The van der Waals surface area contributed by atoms with Gasteiger partial charge in [-0.2, -0.15) is 0 Å². The SMILES string of the molecule is COc1cc(C)c(C(=O)NCCCO)cc1Cl. The summed E-state index contributed by atoms with van der Waals surface area (Å²) < 4.78 is 5.06. The van der Waals surface area contributed by atoms with Crippen molar-refractivity contribution in [3.05, 3.63) is 28.3 Å². The number of halogens is 1. The monoisotopic (exact) mass is 257 g/mol. The molecule has 0 aliphatic heterocycles. The van der Waals surface area contributed by atoms with Crippen molar-refractivity contribution in [1.29, 1.82) is 0 Å². The molecule has 0 radical (unpaired) electrons. The lowest BCUT2D eigenvalue weighted by Crippen LogP contribution is -2.25. The number of hydrogen-bond acceptors (Lipinski definition) is 3. The van der Waals surface area contributed by atoms with Gasteiger partial charge in [0.2, 0.25) is 0 Å². The molecule has 0 aliphatic rings. The van der Waals surface area contributed by atoms with Crippen LogP contribution in [0.15, 0.2) is 12.1 Å². The highest BCUT2D eigenvalue weighted by Gasteiger charge is 2.12. The molecule has 17 heavy (non-hydrogen) atoms. The van der Waals surface area contributed by atoms with E-state index in [0.717, 1.165) is 5.56 Å². The minimum Gasteiger partial charge on any atom is -0.495 e. The second-order valence-electron chi connectivity index (χ2n) is 3.63. The van der Waals surface area contributed by atoms with Crippen LogP contribution in [-0.4, -0.2) is 31.3 Å². The normalized spacial score (nSPS) is 10.1. The average Bonchev–Trinajstić information content (AvgIpc) is 2.31. The van der Waals surface area contributed by atoms with E-state index in [-0.39, 0.29) is 12.5 Å². The molecule has 5 heteroatoms. The number of aryl methyl sites for hydroxylation is 1. The van der Waals surface area contributed by atoms with Crippen molar-refractivity contribution in [3.8, 4) is 5.75 Å². The van der Waals surface area contributed by atoms with E-state index in [1.165, 1.54) is 7.11 Å². The van der Waals surface area contributed by atoms with Crippen LogP contribution >= 0.6 is 11.6 Å². The van der Waals surface area contributed by atoms with Crippen LogP contribution in [0.3, 0.4) is 0 Å². The summed E-state index contributed by atoms with van der Waals surface area (Å²) in [6.45, 7) is 2.32. The minimum absolute atomic E-state index is 0.0582. The molecule has 0 saturated carbocycles. The van der Waals surface area contributed by atoms with E-state index >= 15 is 0 Å². The average molecular weight is 258 g/mol. The van der Waals surface area contributed by atoms with Crippen molar-refractivity contribution in [3.63, 3.8) is 0 Å². The maximum atomic E-state index is 11.8. The number of ether oxygens (including phenoxy) is 1. The third-order valence-electron chi connectivity index (χ3n) is 2.36. The Kier molecular flexibility index (Phi) is 5.25. The second-order valence-corrected chi connectivity index (χ2v) is 4.04. The predicted molar refractivity (Wildman–Crippen MR) is 66.8 cm³/mol. The number of aliphatic hydroxyl groups excluding tert-OH is 1. The minimum atomic E-state index is -0.194. The Bertz CT molecular complexity index is 407. The number of amides is 1. The molecule has 0 heterocycles. The van der Waals surface area contributed by atoms with Crippen molar-refractivity contribution in [2.75, 3.05) is 20.3 Å². The summed E-state index contributed by atoms with van der Waals surface area (Å²) in [7, 11) is 1.53. The summed E-state index contributed by atoms with van der Waals surface area (Å²) in [6, 6.07) is 3.31. The Labute approximate surface area is 106 Å². The first-order chi connectivity index (χ1) is 8.10. The summed E-state index contributed by atoms with van der Waals surface area (Å²) in [4.78, 5) is 11.8. The van der Waals surface area contributed by atoms with Crippen LogP contribution in [0.5, 0.6) is 5.75 Å². The van der Waals surface area contributed by atoms with E-state index in [2.05, 4.69) is 5.32 Å². The molecule has 0 aromatic heterocycles. The van der Waals surface area contributed by atoms with Crippen LogP contribution in [0.25, 0.3) is 0 Å². The molecule has 2 N–H and O–H groups in total. The second kappa shape index (κ2) is 6.47. The van der Waals surface area contributed by atoms with Crippen LogP contribution in [0.2, 0.25) is 5.02 Å². The van der Waals surface area contributed by atoms with Gasteiger partial charge in [-0.15, -0.1) is 0 Å². The van der Waals surface area contributed by atoms with E-state index in [0.29, 0.717) is 29.3 Å². The fraction of sp³-hybridized carbons (Fsp3) is 0.417. The molecule has 0 spiro atoms. The predicted octanol–water partition coefficient (Wildman–Crippen LogP) is 1.77. The van der Waals surface area contributed by atoms with Gasteiger partial charge in [-0.3, -0.25) is 4.79 Å². The highest BCUT2D eigenvalue weighted by Crippen LogP contribution is 2.27. The van der Waals surface area contributed by atoms with Crippen molar-refractivity contribution < 1.29 is 14.6 Å². The molecule has 1 amide bonds. The topological polar surface area (TPSA) is 58.6 Å². The lowest BCUT2D eigenvalue weighted by Gasteiger charge is -2.10. The van der Waals surface area contributed by atoms with Gasteiger partial charge in [-0.25, -0.2) is 0 Å². The molecule has 94 valence electrons. The molecule has 1 aromatic carbocycles. The lowest BCUT2D eigenvalue weighted by atomic mass is 10.1. The zero-order chi connectivity index (χ0) is 12.8. The van der Waals surface area contributed by atoms with E-state index < -0.39 is 0 Å². The number of rotatable bonds is 5. The summed E-state index contributed by atoms with van der Waals surface area (Å²) in [6.07, 6.45) is 0.536. The zero-order valence-corrected chi connectivity index (χ0v) is 10.7. The smallest absolute Gasteiger partial charge is 0.251 e. The van der Waals surface area contributed by atoms with Gasteiger partial charge in [0, 0.05) is 18.7 Å². The van der Waals surface area contributed by atoms with Crippen LogP contribution < -0.4 is 10.1 Å². The highest BCUT2D eigenvalue weighted by molar-refractivity contribution is 6.32. The summed E-state index contributed by atoms with van der Waals surface area (Å²) in [5.74, 6) is 0.358. The fourth-order valence-electron chi connectivity index (χ4n) is 1.43. The largest absolute Gasteiger partial charge is 0.495 e. The number of carbonyl (C=O) groups is 1. The summed E-state index contributed by atoms with van der Waals surface area (Å²) >= 11 is 5.96. The number of benzene rings is 1. The van der Waals surface area contributed by atoms with E-state index in [1.54, 1.807) is 12.1 Å². The van der Waals surface area contributed by atoms with Crippen molar-refractivity contribution in [1.82, 2.24) is 5.32 Å². The third-order valence-corrected chi connectivity index (χ3v) is 2.66. The molecule has 1 aromatic rings. The first-order valence-corrected chi connectivity index (χ1v) is 5.71. The third kappa shape index (κ3) is 3.61. The molecule has 0 atom stereocenters. The van der Waals surface area contributed by atoms with Gasteiger partial charge in [0.1, 0.15) is 5.75 Å². The molecule has 0 bridgehead atoms. The van der Waals surface area contributed by atoms with Gasteiger partial charge in [0.05, 0.1) is 12.1 Å². The Morgan fingerprint density at radius 1 is 1.53 bits per heavy atom. The van der Waals surface area contributed by atoms with Crippen molar-refractivity contribution in [2.45, 2.75) is 13.3 Å². The fourth-order valence-corrected chi connectivity index (χ4v) is 1.67. The maximum Gasteiger partial charge on any atom is 0.251 e.